The number of rotatable bonds is 2. The van der Waals surface area contributed by atoms with Crippen LogP contribution in [0, 0.1) is 0 Å². The molecule has 0 atom stereocenters. The largest absolute Gasteiger partial charge is 0.326 e. The molecule has 1 aliphatic carbocycles. The summed E-state index contributed by atoms with van der Waals surface area (Å²) in [7, 11) is 0. The number of hydrogen-bond acceptors (Lipinski definition) is 2. The van der Waals surface area contributed by atoms with Crippen LogP contribution in [0.15, 0.2) is 22.9 Å². The number of nitrogens with zero attached hydrogens (tertiary/aromatic N) is 2. The molecule has 4 heteroatoms. The Kier molecular flexibility index (Phi) is 2.07. The number of imidazole rings is 1. The molecule has 15 heavy (non-hydrogen) atoms. The first-order valence-corrected chi connectivity index (χ1v) is 5.96. The van der Waals surface area contributed by atoms with Crippen molar-refractivity contribution in [2.75, 3.05) is 0 Å². The molecule has 3 rings (SSSR count). The van der Waals surface area contributed by atoms with Crippen LogP contribution in [0.1, 0.15) is 30.0 Å². The highest BCUT2D eigenvalue weighted by atomic mass is 79.9. The zero-order valence-electron chi connectivity index (χ0n) is 8.28. The van der Waals surface area contributed by atoms with Gasteiger partial charge in [-0.05, 0) is 34.8 Å². The van der Waals surface area contributed by atoms with Crippen LogP contribution in [0.5, 0.6) is 0 Å². The van der Waals surface area contributed by atoms with E-state index in [-0.39, 0.29) is 0 Å². The van der Waals surface area contributed by atoms with Crippen LogP contribution in [-0.2, 0) is 6.54 Å². The van der Waals surface area contributed by atoms with Crippen LogP contribution in [0.25, 0.3) is 5.65 Å². The number of aromatic nitrogens is 2. The van der Waals surface area contributed by atoms with Gasteiger partial charge in [-0.2, -0.15) is 0 Å². The van der Waals surface area contributed by atoms with Crippen LogP contribution >= 0.6 is 15.9 Å². The van der Waals surface area contributed by atoms with E-state index in [1.54, 1.807) is 0 Å². The van der Waals surface area contributed by atoms with Crippen molar-refractivity contribution >= 4 is 21.6 Å². The summed E-state index contributed by atoms with van der Waals surface area (Å²) in [6.45, 7) is 0.540. The molecule has 0 aromatic carbocycles. The molecular weight excluding hydrogens is 254 g/mol. The molecule has 78 valence electrons. The quantitative estimate of drug-likeness (QED) is 0.907. The molecule has 0 saturated heterocycles. The lowest BCUT2D eigenvalue weighted by atomic mass is 10.3. The highest BCUT2D eigenvalue weighted by molar-refractivity contribution is 9.10. The highest BCUT2D eigenvalue weighted by Crippen LogP contribution is 2.43. The molecule has 0 amide bonds. The minimum atomic E-state index is 0.540. The molecule has 1 fully saturated rings. The van der Waals surface area contributed by atoms with Gasteiger partial charge in [0.1, 0.15) is 10.3 Å². The van der Waals surface area contributed by atoms with E-state index in [0.29, 0.717) is 12.5 Å². The summed E-state index contributed by atoms with van der Waals surface area (Å²) >= 11 is 3.62. The maximum atomic E-state index is 5.70. The first-order valence-electron chi connectivity index (χ1n) is 5.16. The maximum Gasteiger partial charge on any atom is 0.142 e. The first-order chi connectivity index (χ1) is 7.31. The molecule has 1 saturated carbocycles. The predicted molar refractivity (Wildman–Crippen MR) is 62.8 cm³/mol. The highest BCUT2D eigenvalue weighted by Gasteiger charge is 2.29. The Balaban J connectivity index is 2.28. The fourth-order valence-corrected chi connectivity index (χ4v) is 2.59. The van der Waals surface area contributed by atoms with Crippen molar-refractivity contribution in [2.45, 2.75) is 25.3 Å². The molecule has 0 bridgehead atoms. The lowest BCUT2D eigenvalue weighted by molar-refractivity contribution is 1.03. The van der Waals surface area contributed by atoms with E-state index in [1.807, 2.05) is 18.3 Å². The van der Waals surface area contributed by atoms with Gasteiger partial charge in [-0.3, -0.25) is 4.40 Å². The summed E-state index contributed by atoms with van der Waals surface area (Å²) in [4.78, 5) is 4.68. The molecule has 0 radical (unpaired) electrons. The van der Waals surface area contributed by atoms with Gasteiger partial charge in [0, 0.05) is 24.2 Å². The first kappa shape index (κ1) is 9.36. The van der Waals surface area contributed by atoms with Gasteiger partial charge in [0.2, 0.25) is 0 Å². The summed E-state index contributed by atoms with van der Waals surface area (Å²) in [5, 5.41) is 0. The van der Waals surface area contributed by atoms with Gasteiger partial charge < -0.3 is 5.73 Å². The minimum absolute atomic E-state index is 0.540. The molecule has 2 N–H and O–H groups in total. The van der Waals surface area contributed by atoms with E-state index < -0.39 is 0 Å². The Morgan fingerprint density at radius 1 is 1.53 bits per heavy atom. The van der Waals surface area contributed by atoms with Gasteiger partial charge in [-0.25, -0.2) is 4.98 Å². The SMILES string of the molecule is NCc1cccn2c(Br)c(C3CC3)nc12. The van der Waals surface area contributed by atoms with Crippen molar-refractivity contribution in [2.24, 2.45) is 5.73 Å². The van der Waals surface area contributed by atoms with Gasteiger partial charge >= 0.3 is 0 Å². The van der Waals surface area contributed by atoms with Crippen molar-refractivity contribution in [1.29, 1.82) is 0 Å². The summed E-state index contributed by atoms with van der Waals surface area (Å²) in [6.07, 6.45) is 4.55. The number of nitrogens with two attached hydrogens (primary N) is 1. The summed E-state index contributed by atoms with van der Waals surface area (Å²) in [5.74, 6) is 0.657. The minimum Gasteiger partial charge on any atom is -0.326 e. The molecule has 0 unspecified atom stereocenters. The topological polar surface area (TPSA) is 43.3 Å². The zero-order valence-corrected chi connectivity index (χ0v) is 9.87. The number of pyridine rings is 1. The van der Waals surface area contributed by atoms with E-state index in [2.05, 4.69) is 25.3 Å². The average molecular weight is 266 g/mol. The smallest absolute Gasteiger partial charge is 0.142 e. The van der Waals surface area contributed by atoms with Gasteiger partial charge in [0.15, 0.2) is 0 Å². The van der Waals surface area contributed by atoms with Crippen molar-refractivity contribution in [1.82, 2.24) is 9.38 Å². The van der Waals surface area contributed by atoms with Crippen LogP contribution < -0.4 is 5.73 Å². The molecule has 3 nitrogen and oxygen atoms in total. The van der Waals surface area contributed by atoms with Crippen LogP contribution in [-0.4, -0.2) is 9.38 Å². The predicted octanol–water partition coefficient (Wildman–Crippen LogP) is 2.43. The van der Waals surface area contributed by atoms with E-state index in [9.17, 15) is 0 Å². The normalized spacial score (nSPS) is 16.1. The second kappa shape index (κ2) is 3.32. The van der Waals surface area contributed by atoms with Crippen molar-refractivity contribution in [3.05, 3.63) is 34.2 Å². The van der Waals surface area contributed by atoms with E-state index in [1.165, 1.54) is 18.5 Å². The third kappa shape index (κ3) is 1.40. The number of halogens is 1. The van der Waals surface area contributed by atoms with Gasteiger partial charge in [0.05, 0.1) is 5.69 Å². The van der Waals surface area contributed by atoms with Gasteiger partial charge in [-0.1, -0.05) is 6.07 Å². The van der Waals surface area contributed by atoms with Crippen molar-refractivity contribution in [3.63, 3.8) is 0 Å². The van der Waals surface area contributed by atoms with Crippen molar-refractivity contribution < 1.29 is 0 Å². The molecule has 0 aliphatic heterocycles. The van der Waals surface area contributed by atoms with Gasteiger partial charge in [-0.15, -0.1) is 0 Å². The molecule has 2 aromatic rings. The zero-order chi connectivity index (χ0) is 10.4. The van der Waals surface area contributed by atoms with E-state index >= 15 is 0 Å². The Hall–Kier alpha value is -0.870. The Bertz CT molecular complexity index is 514. The Labute approximate surface area is 96.4 Å². The fourth-order valence-electron chi connectivity index (χ4n) is 1.89. The van der Waals surface area contributed by atoms with Crippen LogP contribution in [0.4, 0.5) is 0 Å². The van der Waals surface area contributed by atoms with Crippen molar-refractivity contribution in [3.8, 4) is 0 Å². The molecular formula is C11H12BrN3. The standard InChI is InChI=1S/C11H12BrN3/c12-10-9(7-3-4-7)14-11-8(6-13)2-1-5-15(10)11/h1-2,5,7H,3-4,6,13H2. The monoisotopic (exact) mass is 265 g/mol. The molecule has 1 aliphatic rings. The molecule has 2 aromatic heterocycles. The maximum absolute atomic E-state index is 5.70. The Morgan fingerprint density at radius 3 is 3.00 bits per heavy atom. The lowest BCUT2D eigenvalue weighted by Crippen LogP contribution is -1.99. The third-order valence-corrected chi connectivity index (χ3v) is 3.67. The van der Waals surface area contributed by atoms with E-state index in [4.69, 9.17) is 5.73 Å². The fraction of sp³-hybridized carbons (Fsp3) is 0.364. The summed E-state index contributed by atoms with van der Waals surface area (Å²) in [6, 6.07) is 4.05. The second-order valence-electron chi connectivity index (χ2n) is 3.99. The Morgan fingerprint density at radius 2 is 2.33 bits per heavy atom. The molecule has 0 spiro atoms. The molecule has 2 heterocycles. The average Bonchev–Trinajstić information content (AvgIpc) is 3.04. The van der Waals surface area contributed by atoms with E-state index in [0.717, 1.165) is 15.8 Å². The number of hydrogen-bond donors (Lipinski definition) is 1. The van der Waals surface area contributed by atoms with Crippen LogP contribution in [0.2, 0.25) is 0 Å². The summed E-state index contributed by atoms with van der Waals surface area (Å²) < 4.78 is 3.17. The number of fused-ring (bicyclic) bond motifs is 1. The second-order valence-corrected chi connectivity index (χ2v) is 4.74. The van der Waals surface area contributed by atoms with Gasteiger partial charge in [0.25, 0.3) is 0 Å². The lowest BCUT2D eigenvalue weighted by Gasteiger charge is -1.99. The third-order valence-electron chi connectivity index (χ3n) is 2.88. The van der Waals surface area contributed by atoms with Crippen LogP contribution in [0.3, 0.4) is 0 Å². The summed E-state index contributed by atoms with van der Waals surface area (Å²) in [5.41, 5.74) is 8.99.